The summed E-state index contributed by atoms with van der Waals surface area (Å²) in [5.74, 6) is 0.977. The van der Waals surface area contributed by atoms with Gasteiger partial charge in [0.05, 0.1) is 11.0 Å². The van der Waals surface area contributed by atoms with Crippen LogP contribution >= 0.6 is 0 Å². The highest BCUT2D eigenvalue weighted by Crippen LogP contribution is 2.19. The van der Waals surface area contributed by atoms with Crippen molar-refractivity contribution in [3.8, 4) is 0 Å². The van der Waals surface area contributed by atoms with Crippen LogP contribution in [0.1, 0.15) is 19.2 Å². The molecule has 1 aromatic heterocycles. The zero-order valence-electron chi connectivity index (χ0n) is 11.0. The number of anilines is 1. The molecule has 98 valence electrons. The van der Waals surface area contributed by atoms with Gasteiger partial charge >= 0.3 is 0 Å². The summed E-state index contributed by atoms with van der Waals surface area (Å²) in [6.45, 7) is 4.85. The first-order valence-electron chi connectivity index (χ1n) is 6.03. The highest BCUT2D eigenvalue weighted by atomic mass is 32.2. The monoisotopic (exact) mass is 265 g/mol. The van der Waals surface area contributed by atoms with Gasteiger partial charge in [0.2, 0.25) is 0 Å². The largest absolute Gasteiger partial charge is 0.399 e. The zero-order chi connectivity index (χ0) is 13.3. The molecule has 0 spiro atoms. The van der Waals surface area contributed by atoms with E-state index in [9.17, 15) is 4.21 Å². The fourth-order valence-corrected chi connectivity index (χ4v) is 2.46. The lowest BCUT2D eigenvalue weighted by atomic mass is 10.2. The van der Waals surface area contributed by atoms with Gasteiger partial charge < -0.3 is 10.3 Å². The average Bonchev–Trinajstić information content (AvgIpc) is 2.60. The first-order valence-corrected chi connectivity index (χ1v) is 7.65. The SMILES string of the molecule is Cc1nc2cc(N)ccc2n1CCC(C)S(C)=O. The maximum absolute atomic E-state index is 11.4. The van der Waals surface area contributed by atoms with Crippen molar-refractivity contribution in [2.75, 3.05) is 12.0 Å². The lowest BCUT2D eigenvalue weighted by Gasteiger charge is -2.10. The number of hydrogen-bond donors (Lipinski definition) is 1. The maximum atomic E-state index is 11.4. The summed E-state index contributed by atoms with van der Waals surface area (Å²) < 4.78 is 13.5. The van der Waals surface area contributed by atoms with E-state index >= 15 is 0 Å². The minimum absolute atomic E-state index is 0.204. The van der Waals surface area contributed by atoms with Gasteiger partial charge in [0.15, 0.2) is 0 Å². The molecule has 0 amide bonds. The van der Waals surface area contributed by atoms with E-state index in [0.29, 0.717) is 0 Å². The van der Waals surface area contributed by atoms with Gasteiger partial charge in [0, 0.05) is 34.5 Å². The fraction of sp³-hybridized carbons (Fsp3) is 0.462. The lowest BCUT2D eigenvalue weighted by molar-refractivity contribution is 0.619. The molecule has 0 saturated carbocycles. The van der Waals surface area contributed by atoms with Crippen LogP contribution in [0.5, 0.6) is 0 Å². The molecule has 1 aromatic carbocycles. The van der Waals surface area contributed by atoms with Crippen LogP contribution in [0, 0.1) is 6.92 Å². The van der Waals surface area contributed by atoms with Crippen LogP contribution < -0.4 is 5.73 Å². The summed E-state index contributed by atoms with van der Waals surface area (Å²) in [5.41, 5.74) is 8.51. The Kier molecular flexibility index (Phi) is 3.71. The van der Waals surface area contributed by atoms with Crippen LogP contribution in [0.2, 0.25) is 0 Å². The highest BCUT2D eigenvalue weighted by molar-refractivity contribution is 7.84. The fourth-order valence-electron chi connectivity index (χ4n) is 2.03. The molecule has 0 saturated heterocycles. The van der Waals surface area contributed by atoms with Gasteiger partial charge in [-0.1, -0.05) is 6.92 Å². The summed E-state index contributed by atoms with van der Waals surface area (Å²) in [6.07, 6.45) is 2.64. The molecule has 0 bridgehead atoms. The van der Waals surface area contributed by atoms with Gasteiger partial charge in [0.1, 0.15) is 5.82 Å². The van der Waals surface area contributed by atoms with E-state index in [1.54, 1.807) is 6.26 Å². The number of aromatic nitrogens is 2. The molecule has 0 radical (unpaired) electrons. The summed E-state index contributed by atoms with van der Waals surface area (Å²) in [4.78, 5) is 4.50. The van der Waals surface area contributed by atoms with Gasteiger partial charge in [-0.05, 0) is 31.5 Å². The third-order valence-corrected chi connectivity index (χ3v) is 4.66. The number of nitrogens with two attached hydrogens (primary N) is 1. The number of fused-ring (bicyclic) bond motifs is 1. The van der Waals surface area contributed by atoms with E-state index in [1.807, 2.05) is 32.0 Å². The third kappa shape index (κ3) is 2.56. The minimum Gasteiger partial charge on any atom is -0.399 e. The number of benzene rings is 1. The van der Waals surface area contributed by atoms with E-state index in [0.717, 1.165) is 35.5 Å². The Balaban J connectivity index is 2.27. The van der Waals surface area contributed by atoms with Crippen molar-refractivity contribution >= 4 is 27.5 Å². The molecule has 0 aliphatic rings. The standard InChI is InChI=1S/C13H19N3OS/c1-9(18(3)17)6-7-16-10(2)15-12-8-11(14)4-5-13(12)16/h4-5,8-9H,6-7,14H2,1-3H3. The molecular formula is C13H19N3OS. The van der Waals surface area contributed by atoms with Crippen molar-refractivity contribution in [2.24, 2.45) is 0 Å². The Morgan fingerprint density at radius 2 is 2.22 bits per heavy atom. The van der Waals surface area contributed by atoms with Crippen LogP contribution in [-0.2, 0) is 17.3 Å². The van der Waals surface area contributed by atoms with Gasteiger partial charge in [-0.2, -0.15) is 0 Å². The van der Waals surface area contributed by atoms with Crippen molar-refractivity contribution in [3.05, 3.63) is 24.0 Å². The second kappa shape index (κ2) is 5.10. The predicted molar refractivity (Wildman–Crippen MR) is 77.0 cm³/mol. The van der Waals surface area contributed by atoms with Gasteiger partial charge in [-0.15, -0.1) is 0 Å². The first-order chi connectivity index (χ1) is 8.49. The number of imidazole rings is 1. The Morgan fingerprint density at radius 1 is 1.50 bits per heavy atom. The van der Waals surface area contributed by atoms with Gasteiger partial charge in [0.25, 0.3) is 0 Å². The van der Waals surface area contributed by atoms with Crippen molar-refractivity contribution in [1.29, 1.82) is 0 Å². The number of nitrogen functional groups attached to an aromatic ring is 1. The number of hydrogen-bond acceptors (Lipinski definition) is 3. The Bertz CT molecular complexity index is 591. The average molecular weight is 265 g/mol. The quantitative estimate of drug-likeness (QED) is 0.861. The van der Waals surface area contributed by atoms with Crippen LogP contribution in [0.4, 0.5) is 5.69 Å². The van der Waals surface area contributed by atoms with E-state index in [2.05, 4.69) is 9.55 Å². The summed E-state index contributed by atoms with van der Waals surface area (Å²) in [5, 5.41) is 0.204. The summed E-state index contributed by atoms with van der Waals surface area (Å²) in [7, 11) is -0.770. The molecule has 5 heteroatoms. The summed E-state index contributed by atoms with van der Waals surface area (Å²) in [6, 6.07) is 5.78. The van der Waals surface area contributed by atoms with Gasteiger partial charge in [-0.25, -0.2) is 4.98 Å². The second-order valence-electron chi connectivity index (χ2n) is 4.66. The molecule has 2 rings (SSSR count). The number of rotatable bonds is 4. The van der Waals surface area contributed by atoms with Crippen LogP contribution in [0.25, 0.3) is 11.0 Å². The smallest absolute Gasteiger partial charge is 0.106 e. The molecular weight excluding hydrogens is 246 g/mol. The highest BCUT2D eigenvalue weighted by Gasteiger charge is 2.10. The van der Waals surface area contributed by atoms with Crippen molar-refractivity contribution in [2.45, 2.75) is 32.1 Å². The molecule has 4 nitrogen and oxygen atoms in total. The zero-order valence-corrected chi connectivity index (χ0v) is 11.8. The topological polar surface area (TPSA) is 60.9 Å². The molecule has 2 aromatic rings. The Hall–Kier alpha value is -1.36. The molecule has 0 fully saturated rings. The molecule has 2 atom stereocenters. The van der Waals surface area contributed by atoms with E-state index in [-0.39, 0.29) is 5.25 Å². The molecule has 2 unspecified atom stereocenters. The molecule has 0 aliphatic heterocycles. The van der Waals surface area contributed by atoms with Crippen LogP contribution in [0.15, 0.2) is 18.2 Å². The number of aryl methyl sites for hydroxylation is 2. The Labute approximate surface area is 110 Å². The lowest BCUT2D eigenvalue weighted by Crippen LogP contribution is -2.13. The van der Waals surface area contributed by atoms with Crippen molar-refractivity contribution in [1.82, 2.24) is 9.55 Å². The molecule has 18 heavy (non-hydrogen) atoms. The molecule has 0 aliphatic carbocycles. The third-order valence-electron chi connectivity index (χ3n) is 3.29. The number of nitrogens with zero attached hydrogens (tertiary/aromatic N) is 2. The van der Waals surface area contributed by atoms with Crippen LogP contribution in [-0.4, -0.2) is 25.3 Å². The minimum atomic E-state index is -0.770. The summed E-state index contributed by atoms with van der Waals surface area (Å²) >= 11 is 0. The molecule has 2 N–H and O–H groups in total. The van der Waals surface area contributed by atoms with E-state index < -0.39 is 10.8 Å². The van der Waals surface area contributed by atoms with Crippen molar-refractivity contribution in [3.63, 3.8) is 0 Å². The van der Waals surface area contributed by atoms with Crippen molar-refractivity contribution < 1.29 is 4.21 Å². The van der Waals surface area contributed by atoms with E-state index in [4.69, 9.17) is 5.73 Å². The normalized spacial score (nSPS) is 14.8. The second-order valence-corrected chi connectivity index (χ2v) is 6.46. The molecule has 1 heterocycles. The maximum Gasteiger partial charge on any atom is 0.106 e. The predicted octanol–water partition coefficient (Wildman–Crippen LogP) is 2.08. The van der Waals surface area contributed by atoms with Gasteiger partial charge in [-0.3, -0.25) is 4.21 Å². The van der Waals surface area contributed by atoms with Crippen LogP contribution in [0.3, 0.4) is 0 Å². The van der Waals surface area contributed by atoms with E-state index in [1.165, 1.54) is 0 Å². The first kappa shape index (κ1) is 13.1. The Morgan fingerprint density at radius 3 is 2.89 bits per heavy atom.